The minimum absolute atomic E-state index is 0.504. The van der Waals surface area contributed by atoms with Gasteiger partial charge >= 0.3 is 0 Å². The molecule has 1 N–H and O–H groups in total. The monoisotopic (exact) mass is 246 g/mol. The molecule has 1 saturated heterocycles. The molecule has 2 heteroatoms. The van der Waals surface area contributed by atoms with Crippen molar-refractivity contribution < 1.29 is 0 Å². The van der Waals surface area contributed by atoms with E-state index in [9.17, 15) is 0 Å². The molecule has 1 aromatic rings. The fraction of sp³-hybridized carbons (Fsp3) is 0.625. The highest BCUT2D eigenvalue weighted by Crippen LogP contribution is 2.26. The lowest BCUT2D eigenvalue weighted by atomic mass is 9.97. The minimum Gasteiger partial charge on any atom is -0.311 e. The van der Waals surface area contributed by atoms with Gasteiger partial charge in [0.25, 0.3) is 0 Å². The summed E-state index contributed by atoms with van der Waals surface area (Å²) in [6.07, 6.45) is 0. The Balaban J connectivity index is 2.19. The Morgan fingerprint density at radius 1 is 1.22 bits per heavy atom. The van der Waals surface area contributed by atoms with Crippen molar-refractivity contribution in [2.45, 2.75) is 52.7 Å². The van der Waals surface area contributed by atoms with Crippen LogP contribution in [0.5, 0.6) is 0 Å². The number of nitrogens with zero attached hydrogens (tertiary/aromatic N) is 1. The van der Waals surface area contributed by atoms with Crippen LogP contribution >= 0.6 is 0 Å². The summed E-state index contributed by atoms with van der Waals surface area (Å²) >= 11 is 0. The summed E-state index contributed by atoms with van der Waals surface area (Å²) in [7, 11) is 0. The number of aryl methyl sites for hydroxylation is 2. The second-order valence-corrected chi connectivity index (χ2v) is 5.74. The van der Waals surface area contributed by atoms with Crippen LogP contribution in [-0.4, -0.2) is 30.1 Å². The summed E-state index contributed by atoms with van der Waals surface area (Å²) < 4.78 is 0. The summed E-state index contributed by atoms with van der Waals surface area (Å²) in [6, 6.07) is 8.55. The van der Waals surface area contributed by atoms with E-state index in [4.69, 9.17) is 0 Å². The summed E-state index contributed by atoms with van der Waals surface area (Å²) in [6.45, 7) is 13.6. The number of benzene rings is 1. The maximum Gasteiger partial charge on any atom is 0.0323 e. The topological polar surface area (TPSA) is 15.3 Å². The normalized spacial score (nSPS) is 27.2. The molecule has 1 aliphatic heterocycles. The van der Waals surface area contributed by atoms with Crippen LogP contribution < -0.4 is 5.32 Å². The van der Waals surface area contributed by atoms with Crippen molar-refractivity contribution in [1.29, 1.82) is 0 Å². The highest BCUT2D eigenvalue weighted by atomic mass is 15.2. The molecule has 1 fully saturated rings. The molecular weight excluding hydrogens is 220 g/mol. The second-order valence-electron chi connectivity index (χ2n) is 5.74. The largest absolute Gasteiger partial charge is 0.311 e. The van der Waals surface area contributed by atoms with E-state index < -0.39 is 0 Å². The summed E-state index contributed by atoms with van der Waals surface area (Å²) in [5.74, 6) is 0. The van der Waals surface area contributed by atoms with Crippen LogP contribution in [0.4, 0.5) is 0 Å². The van der Waals surface area contributed by atoms with Gasteiger partial charge < -0.3 is 5.32 Å². The standard InChI is InChI=1S/C16H26N2/c1-11-6-7-16(10-12(11)2)15(5)18-9-8-17-13(3)14(18)4/h6-7,10,13-15,17H,8-9H2,1-5H3. The third kappa shape index (κ3) is 2.60. The first-order valence-corrected chi connectivity index (χ1v) is 7.07. The quantitative estimate of drug-likeness (QED) is 0.863. The van der Waals surface area contributed by atoms with Crippen LogP contribution in [0.15, 0.2) is 18.2 Å². The van der Waals surface area contributed by atoms with Crippen LogP contribution in [0, 0.1) is 13.8 Å². The summed E-state index contributed by atoms with van der Waals surface area (Å²) in [4.78, 5) is 2.62. The van der Waals surface area contributed by atoms with Crippen molar-refractivity contribution in [3.8, 4) is 0 Å². The van der Waals surface area contributed by atoms with Gasteiger partial charge in [-0.3, -0.25) is 4.90 Å². The molecule has 1 heterocycles. The molecule has 0 amide bonds. The van der Waals surface area contributed by atoms with E-state index >= 15 is 0 Å². The van der Waals surface area contributed by atoms with E-state index in [0.717, 1.165) is 13.1 Å². The van der Waals surface area contributed by atoms with Crippen molar-refractivity contribution in [2.24, 2.45) is 0 Å². The van der Waals surface area contributed by atoms with E-state index in [1.807, 2.05) is 0 Å². The maximum atomic E-state index is 3.55. The van der Waals surface area contributed by atoms with E-state index in [1.165, 1.54) is 16.7 Å². The van der Waals surface area contributed by atoms with Gasteiger partial charge in [0.2, 0.25) is 0 Å². The number of hydrogen-bond acceptors (Lipinski definition) is 2. The van der Waals surface area contributed by atoms with E-state index in [0.29, 0.717) is 18.1 Å². The van der Waals surface area contributed by atoms with Crippen LogP contribution in [0.3, 0.4) is 0 Å². The molecule has 0 spiro atoms. The molecule has 0 saturated carbocycles. The first-order valence-electron chi connectivity index (χ1n) is 7.07. The SMILES string of the molecule is Cc1ccc(C(C)N2CCNC(C)C2C)cc1C. The molecule has 1 aliphatic rings. The first-order chi connectivity index (χ1) is 8.50. The van der Waals surface area contributed by atoms with Gasteiger partial charge in [0.05, 0.1) is 0 Å². The molecule has 3 atom stereocenters. The van der Waals surface area contributed by atoms with Crippen molar-refractivity contribution >= 4 is 0 Å². The van der Waals surface area contributed by atoms with Gasteiger partial charge in [-0.25, -0.2) is 0 Å². The Bertz CT molecular complexity index is 414. The Hall–Kier alpha value is -0.860. The van der Waals surface area contributed by atoms with Gasteiger partial charge in [0.15, 0.2) is 0 Å². The molecule has 100 valence electrons. The predicted molar refractivity (Wildman–Crippen MR) is 78.0 cm³/mol. The molecule has 0 radical (unpaired) electrons. The summed E-state index contributed by atoms with van der Waals surface area (Å²) in [5, 5.41) is 3.55. The third-order valence-electron chi connectivity index (χ3n) is 4.59. The van der Waals surface area contributed by atoms with E-state index in [1.54, 1.807) is 0 Å². The number of hydrogen-bond donors (Lipinski definition) is 1. The second kappa shape index (κ2) is 5.41. The summed E-state index contributed by atoms with van der Waals surface area (Å²) in [5.41, 5.74) is 4.22. The Morgan fingerprint density at radius 3 is 2.61 bits per heavy atom. The Morgan fingerprint density at radius 2 is 1.94 bits per heavy atom. The van der Waals surface area contributed by atoms with Crippen molar-refractivity contribution in [3.63, 3.8) is 0 Å². The predicted octanol–water partition coefficient (Wildman–Crippen LogP) is 3.05. The van der Waals surface area contributed by atoms with Gasteiger partial charge in [-0.2, -0.15) is 0 Å². The lowest BCUT2D eigenvalue weighted by Gasteiger charge is -2.42. The van der Waals surface area contributed by atoms with Crippen LogP contribution in [-0.2, 0) is 0 Å². The lowest BCUT2D eigenvalue weighted by molar-refractivity contribution is 0.0967. The third-order valence-corrected chi connectivity index (χ3v) is 4.59. The number of rotatable bonds is 2. The van der Waals surface area contributed by atoms with Gasteiger partial charge in [-0.05, 0) is 51.3 Å². The lowest BCUT2D eigenvalue weighted by Crippen LogP contribution is -2.55. The molecule has 2 nitrogen and oxygen atoms in total. The fourth-order valence-electron chi connectivity index (χ4n) is 2.85. The fourth-order valence-corrected chi connectivity index (χ4v) is 2.85. The average Bonchev–Trinajstić information content (AvgIpc) is 2.35. The van der Waals surface area contributed by atoms with Crippen LogP contribution in [0.25, 0.3) is 0 Å². The van der Waals surface area contributed by atoms with Gasteiger partial charge in [-0.1, -0.05) is 18.2 Å². The minimum atomic E-state index is 0.504. The van der Waals surface area contributed by atoms with Crippen molar-refractivity contribution in [3.05, 3.63) is 34.9 Å². The molecular formula is C16H26N2. The Labute approximate surface area is 111 Å². The van der Waals surface area contributed by atoms with E-state index in [2.05, 4.69) is 63.0 Å². The Kier molecular flexibility index (Phi) is 4.08. The molecule has 0 aliphatic carbocycles. The van der Waals surface area contributed by atoms with Crippen molar-refractivity contribution in [1.82, 2.24) is 10.2 Å². The van der Waals surface area contributed by atoms with Gasteiger partial charge in [-0.15, -0.1) is 0 Å². The van der Waals surface area contributed by atoms with Gasteiger partial charge in [0.1, 0.15) is 0 Å². The zero-order valence-corrected chi connectivity index (χ0v) is 12.3. The average molecular weight is 246 g/mol. The molecule has 0 bridgehead atoms. The molecule has 0 aromatic heterocycles. The van der Waals surface area contributed by atoms with Crippen LogP contribution in [0.1, 0.15) is 43.5 Å². The zero-order valence-electron chi connectivity index (χ0n) is 12.3. The highest BCUT2D eigenvalue weighted by Gasteiger charge is 2.28. The van der Waals surface area contributed by atoms with Crippen LogP contribution in [0.2, 0.25) is 0 Å². The smallest absolute Gasteiger partial charge is 0.0323 e. The number of nitrogens with one attached hydrogen (secondary N) is 1. The van der Waals surface area contributed by atoms with E-state index in [-0.39, 0.29) is 0 Å². The maximum absolute atomic E-state index is 3.55. The number of piperazine rings is 1. The van der Waals surface area contributed by atoms with Crippen molar-refractivity contribution in [2.75, 3.05) is 13.1 Å². The first kappa shape index (κ1) is 13.6. The zero-order chi connectivity index (χ0) is 13.3. The molecule has 2 rings (SSSR count). The van der Waals surface area contributed by atoms with Gasteiger partial charge in [0, 0.05) is 31.2 Å². The molecule has 18 heavy (non-hydrogen) atoms. The molecule has 1 aromatic carbocycles. The molecule has 3 unspecified atom stereocenters. The highest BCUT2D eigenvalue weighted by molar-refractivity contribution is 5.31.